The Kier molecular flexibility index (Phi) is 6.89. The van der Waals surface area contributed by atoms with Gasteiger partial charge in [-0.25, -0.2) is 0 Å². The lowest BCUT2D eigenvalue weighted by Crippen LogP contribution is -2.50. The fraction of sp³-hybridized carbons (Fsp3) is 0.364. The zero-order valence-corrected chi connectivity index (χ0v) is 15.8. The molecule has 2 heterocycles. The molecule has 1 N–H and O–H groups in total. The molecule has 1 aromatic heterocycles. The highest BCUT2D eigenvalue weighted by molar-refractivity contribution is 5.98. The first-order valence-corrected chi connectivity index (χ1v) is 9.74. The number of nitrogens with one attached hydrogen (secondary N) is 1. The lowest BCUT2D eigenvalue weighted by Gasteiger charge is -2.30. The quantitative estimate of drug-likeness (QED) is 0.750. The molecule has 0 radical (unpaired) electrons. The molecule has 0 aliphatic carbocycles. The number of nitrogens with zero attached hydrogens (tertiary/aromatic N) is 2. The van der Waals surface area contributed by atoms with Gasteiger partial charge < -0.3 is 15.0 Å². The number of hydrogen-bond donors (Lipinski definition) is 1. The second kappa shape index (κ2) is 9.78. The molecule has 0 spiro atoms. The summed E-state index contributed by atoms with van der Waals surface area (Å²) in [6.07, 6.45) is 6.14. The summed E-state index contributed by atoms with van der Waals surface area (Å²) in [6.45, 7) is 1.43. The number of aldehydes is 1. The monoisotopic (exact) mass is 379 g/mol. The van der Waals surface area contributed by atoms with Crippen LogP contribution in [0.5, 0.6) is 0 Å². The Morgan fingerprint density at radius 1 is 1.07 bits per heavy atom. The van der Waals surface area contributed by atoms with E-state index in [4.69, 9.17) is 0 Å². The average Bonchev–Trinajstić information content (AvgIpc) is 2.77. The Balaban J connectivity index is 1.68. The van der Waals surface area contributed by atoms with Crippen molar-refractivity contribution in [3.8, 4) is 11.3 Å². The van der Waals surface area contributed by atoms with E-state index in [-0.39, 0.29) is 18.2 Å². The van der Waals surface area contributed by atoms with Crippen molar-refractivity contribution in [2.45, 2.75) is 38.1 Å². The van der Waals surface area contributed by atoms with Gasteiger partial charge in [0, 0.05) is 36.8 Å². The predicted molar refractivity (Wildman–Crippen MR) is 107 cm³/mol. The summed E-state index contributed by atoms with van der Waals surface area (Å²) in [5.41, 5.74) is 2.22. The number of pyridine rings is 1. The fourth-order valence-electron chi connectivity index (χ4n) is 3.39. The molecule has 146 valence electrons. The highest BCUT2D eigenvalue weighted by atomic mass is 16.2. The molecule has 1 aromatic carbocycles. The van der Waals surface area contributed by atoms with Crippen molar-refractivity contribution in [3.05, 3.63) is 54.2 Å². The predicted octanol–water partition coefficient (Wildman–Crippen LogP) is 2.84. The van der Waals surface area contributed by atoms with Crippen LogP contribution in [0.1, 0.15) is 42.5 Å². The second-order valence-corrected chi connectivity index (χ2v) is 6.95. The summed E-state index contributed by atoms with van der Waals surface area (Å²) in [5.74, 6) is -0.408. The van der Waals surface area contributed by atoms with E-state index in [1.807, 2.05) is 30.3 Å². The van der Waals surface area contributed by atoms with Crippen molar-refractivity contribution >= 4 is 18.1 Å². The molecule has 3 rings (SSSR count). The number of hydrogen-bond acceptors (Lipinski definition) is 4. The minimum atomic E-state index is -0.675. The number of carbonyl (C=O) groups is 3. The van der Waals surface area contributed by atoms with Crippen molar-refractivity contribution in [3.63, 3.8) is 0 Å². The lowest BCUT2D eigenvalue weighted by atomic mass is 10.1. The van der Waals surface area contributed by atoms with Crippen LogP contribution in [0.25, 0.3) is 11.3 Å². The Morgan fingerprint density at radius 2 is 1.82 bits per heavy atom. The molecular formula is C22H25N3O3. The van der Waals surface area contributed by atoms with Gasteiger partial charge in [-0.15, -0.1) is 0 Å². The molecule has 1 fully saturated rings. The topological polar surface area (TPSA) is 79.4 Å². The first kappa shape index (κ1) is 19.7. The average molecular weight is 379 g/mol. The van der Waals surface area contributed by atoms with E-state index in [1.54, 1.807) is 23.2 Å². The molecule has 1 saturated heterocycles. The molecule has 1 aliphatic heterocycles. The van der Waals surface area contributed by atoms with Crippen LogP contribution in [-0.2, 0) is 9.59 Å². The van der Waals surface area contributed by atoms with E-state index in [0.29, 0.717) is 25.1 Å². The number of aromatic nitrogens is 1. The zero-order chi connectivity index (χ0) is 19.8. The van der Waals surface area contributed by atoms with Crippen molar-refractivity contribution in [1.29, 1.82) is 0 Å². The van der Waals surface area contributed by atoms with E-state index >= 15 is 0 Å². The number of carbonyl (C=O) groups excluding carboxylic acids is 3. The van der Waals surface area contributed by atoms with Gasteiger partial charge in [0.2, 0.25) is 5.91 Å². The Hall–Kier alpha value is -3.02. The Bertz CT molecular complexity index is 800. The van der Waals surface area contributed by atoms with Crippen LogP contribution in [0.2, 0.25) is 0 Å². The minimum absolute atomic E-state index is 0.0972. The van der Waals surface area contributed by atoms with E-state index < -0.39 is 6.04 Å². The number of piperidine rings is 1. The highest BCUT2D eigenvalue weighted by Gasteiger charge is 2.27. The lowest BCUT2D eigenvalue weighted by molar-refractivity contribution is -0.134. The van der Waals surface area contributed by atoms with Gasteiger partial charge in [-0.1, -0.05) is 18.2 Å². The SMILES string of the molecule is O=CCC[C@H](NC(=O)c1ccc(-c2ccccn2)cc1)C(=O)N1CCCCC1. The summed E-state index contributed by atoms with van der Waals surface area (Å²) < 4.78 is 0. The molecule has 0 unspecified atom stereocenters. The zero-order valence-electron chi connectivity index (χ0n) is 15.8. The van der Waals surface area contributed by atoms with E-state index in [0.717, 1.165) is 36.8 Å². The van der Waals surface area contributed by atoms with Gasteiger partial charge in [-0.3, -0.25) is 14.6 Å². The third-order valence-corrected chi connectivity index (χ3v) is 4.95. The highest BCUT2D eigenvalue weighted by Crippen LogP contribution is 2.17. The van der Waals surface area contributed by atoms with Crippen molar-refractivity contribution in [2.24, 2.45) is 0 Å². The Morgan fingerprint density at radius 3 is 2.46 bits per heavy atom. The van der Waals surface area contributed by atoms with Gasteiger partial charge in [0.25, 0.3) is 5.91 Å². The van der Waals surface area contributed by atoms with Gasteiger partial charge in [0.1, 0.15) is 12.3 Å². The maximum absolute atomic E-state index is 12.8. The van der Waals surface area contributed by atoms with Gasteiger partial charge in [0.05, 0.1) is 5.69 Å². The second-order valence-electron chi connectivity index (χ2n) is 6.95. The van der Waals surface area contributed by atoms with E-state index in [1.165, 1.54) is 0 Å². The fourth-order valence-corrected chi connectivity index (χ4v) is 3.39. The number of rotatable bonds is 7. The third-order valence-electron chi connectivity index (χ3n) is 4.95. The van der Waals surface area contributed by atoms with Gasteiger partial charge >= 0.3 is 0 Å². The first-order valence-electron chi connectivity index (χ1n) is 9.74. The molecule has 1 aliphatic rings. The van der Waals surface area contributed by atoms with Crippen LogP contribution in [0, 0.1) is 0 Å². The smallest absolute Gasteiger partial charge is 0.251 e. The summed E-state index contributed by atoms with van der Waals surface area (Å²) >= 11 is 0. The van der Waals surface area contributed by atoms with Crippen LogP contribution in [-0.4, -0.2) is 47.1 Å². The normalized spacial score (nSPS) is 14.9. The van der Waals surface area contributed by atoms with Gasteiger partial charge in [0.15, 0.2) is 0 Å². The minimum Gasteiger partial charge on any atom is -0.341 e. The molecule has 2 amide bonds. The number of likely N-dealkylation sites (tertiary alicyclic amines) is 1. The number of benzene rings is 1. The standard InChI is InChI=1S/C22H25N3O3/c26-16-6-8-20(22(28)25-14-4-1-5-15-25)24-21(27)18-11-9-17(10-12-18)19-7-2-3-13-23-19/h2-3,7,9-13,16,20H,1,4-6,8,14-15H2,(H,24,27)/t20-/m0/s1. The van der Waals surface area contributed by atoms with E-state index in [2.05, 4.69) is 10.3 Å². The maximum Gasteiger partial charge on any atom is 0.251 e. The molecule has 6 nitrogen and oxygen atoms in total. The van der Waals surface area contributed by atoms with Crippen molar-refractivity contribution in [2.75, 3.05) is 13.1 Å². The molecular weight excluding hydrogens is 354 g/mol. The maximum atomic E-state index is 12.8. The third kappa shape index (κ3) is 5.03. The molecule has 6 heteroatoms. The van der Waals surface area contributed by atoms with Gasteiger partial charge in [-0.05, 0) is 49.9 Å². The molecule has 0 bridgehead atoms. The first-order chi connectivity index (χ1) is 13.7. The molecule has 28 heavy (non-hydrogen) atoms. The summed E-state index contributed by atoms with van der Waals surface area (Å²) in [7, 11) is 0. The van der Waals surface area contributed by atoms with Crippen LogP contribution in [0.3, 0.4) is 0 Å². The summed E-state index contributed by atoms with van der Waals surface area (Å²) in [4.78, 5) is 42.3. The summed E-state index contributed by atoms with van der Waals surface area (Å²) in [6, 6.07) is 12.1. The molecule has 1 atom stereocenters. The van der Waals surface area contributed by atoms with Crippen LogP contribution in [0.15, 0.2) is 48.7 Å². The van der Waals surface area contributed by atoms with Gasteiger partial charge in [-0.2, -0.15) is 0 Å². The molecule has 2 aromatic rings. The van der Waals surface area contributed by atoms with Crippen molar-refractivity contribution in [1.82, 2.24) is 15.2 Å². The summed E-state index contributed by atoms with van der Waals surface area (Å²) in [5, 5.41) is 2.82. The molecule has 0 saturated carbocycles. The largest absolute Gasteiger partial charge is 0.341 e. The van der Waals surface area contributed by atoms with Crippen LogP contribution < -0.4 is 5.32 Å². The Labute approximate surface area is 165 Å². The van der Waals surface area contributed by atoms with E-state index in [9.17, 15) is 14.4 Å². The van der Waals surface area contributed by atoms with Crippen molar-refractivity contribution < 1.29 is 14.4 Å². The van der Waals surface area contributed by atoms with Crippen LogP contribution >= 0.6 is 0 Å². The number of amides is 2. The van der Waals surface area contributed by atoms with Crippen LogP contribution in [0.4, 0.5) is 0 Å².